The Kier molecular flexibility index (Phi) is 6.33. The number of rotatable bonds is 7. The quantitative estimate of drug-likeness (QED) is 0.640. The molecule has 1 aliphatic rings. The minimum atomic E-state index is -0.163. The highest BCUT2D eigenvalue weighted by Crippen LogP contribution is 2.30. The lowest BCUT2D eigenvalue weighted by Crippen LogP contribution is -2.31. The highest BCUT2D eigenvalue weighted by Gasteiger charge is 2.31. The summed E-state index contributed by atoms with van der Waals surface area (Å²) in [6.45, 7) is 8.87. The molecule has 0 N–H and O–H groups in total. The molecule has 1 heterocycles. The van der Waals surface area contributed by atoms with Crippen molar-refractivity contribution in [2.24, 2.45) is 11.8 Å². The van der Waals surface area contributed by atoms with Crippen LogP contribution in [0, 0.1) is 11.8 Å². The SMILES string of the molecule is CCCC1CC(CC(C)C)N(CCCF)C1. The van der Waals surface area contributed by atoms with Crippen molar-refractivity contribution in [1.29, 1.82) is 0 Å². The van der Waals surface area contributed by atoms with E-state index in [-0.39, 0.29) is 6.67 Å². The molecule has 0 saturated carbocycles. The Balaban J connectivity index is 2.42. The molecule has 0 bridgehead atoms. The standard InChI is InChI=1S/C14H28FN/c1-4-6-13-10-14(9-12(2)3)16(11-13)8-5-7-15/h12-14H,4-11H2,1-3H3. The van der Waals surface area contributed by atoms with E-state index in [0.717, 1.165) is 24.4 Å². The van der Waals surface area contributed by atoms with Crippen LogP contribution in [0.25, 0.3) is 0 Å². The van der Waals surface area contributed by atoms with Crippen molar-refractivity contribution < 1.29 is 4.39 Å². The first-order valence-corrected chi connectivity index (χ1v) is 6.97. The van der Waals surface area contributed by atoms with Crippen LogP contribution in [-0.2, 0) is 0 Å². The van der Waals surface area contributed by atoms with Gasteiger partial charge < -0.3 is 0 Å². The van der Waals surface area contributed by atoms with E-state index in [1.807, 2.05) is 0 Å². The Morgan fingerprint density at radius 1 is 1.38 bits per heavy atom. The Hall–Kier alpha value is -0.110. The highest BCUT2D eigenvalue weighted by atomic mass is 19.1. The number of halogens is 1. The van der Waals surface area contributed by atoms with Gasteiger partial charge in [0.25, 0.3) is 0 Å². The maximum atomic E-state index is 12.3. The maximum absolute atomic E-state index is 12.3. The molecule has 1 fully saturated rings. The molecule has 1 nitrogen and oxygen atoms in total. The van der Waals surface area contributed by atoms with Crippen LogP contribution in [0.4, 0.5) is 4.39 Å². The molecule has 2 atom stereocenters. The molecule has 0 aliphatic carbocycles. The van der Waals surface area contributed by atoms with Gasteiger partial charge >= 0.3 is 0 Å². The van der Waals surface area contributed by atoms with E-state index >= 15 is 0 Å². The fraction of sp³-hybridized carbons (Fsp3) is 1.00. The first kappa shape index (κ1) is 14.0. The van der Waals surface area contributed by atoms with E-state index in [0.29, 0.717) is 6.42 Å². The third kappa shape index (κ3) is 4.40. The van der Waals surface area contributed by atoms with Crippen LogP contribution >= 0.6 is 0 Å². The largest absolute Gasteiger partial charge is 0.300 e. The van der Waals surface area contributed by atoms with Crippen LogP contribution in [0.2, 0.25) is 0 Å². The summed E-state index contributed by atoms with van der Waals surface area (Å²) in [6, 6.07) is 0.725. The molecular weight excluding hydrogens is 201 g/mol. The van der Waals surface area contributed by atoms with Gasteiger partial charge in [-0.2, -0.15) is 0 Å². The van der Waals surface area contributed by atoms with Gasteiger partial charge in [-0.15, -0.1) is 0 Å². The molecule has 0 aromatic heterocycles. The second-order valence-corrected chi connectivity index (χ2v) is 5.71. The van der Waals surface area contributed by atoms with Crippen molar-refractivity contribution in [3.63, 3.8) is 0 Å². The van der Waals surface area contributed by atoms with Gasteiger partial charge in [-0.25, -0.2) is 0 Å². The van der Waals surface area contributed by atoms with Gasteiger partial charge in [-0.1, -0.05) is 27.2 Å². The molecule has 1 rings (SSSR count). The molecule has 0 amide bonds. The van der Waals surface area contributed by atoms with Gasteiger partial charge in [0.15, 0.2) is 0 Å². The van der Waals surface area contributed by atoms with E-state index in [1.54, 1.807) is 0 Å². The highest BCUT2D eigenvalue weighted by molar-refractivity contribution is 4.85. The molecule has 2 unspecified atom stereocenters. The minimum Gasteiger partial charge on any atom is -0.300 e. The van der Waals surface area contributed by atoms with E-state index < -0.39 is 0 Å². The number of hydrogen-bond donors (Lipinski definition) is 0. The normalized spacial score (nSPS) is 26.8. The zero-order valence-corrected chi connectivity index (χ0v) is 11.2. The van der Waals surface area contributed by atoms with Crippen LogP contribution in [0.3, 0.4) is 0 Å². The van der Waals surface area contributed by atoms with Crippen molar-refractivity contribution in [2.45, 2.75) is 58.9 Å². The molecule has 2 heteroatoms. The van der Waals surface area contributed by atoms with E-state index in [4.69, 9.17) is 0 Å². The second-order valence-electron chi connectivity index (χ2n) is 5.71. The van der Waals surface area contributed by atoms with Gasteiger partial charge in [-0.3, -0.25) is 9.29 Å². The van der Waals surface area contributed by atoms with Crippen molar-refractivity contribution >= 4 is 0 Å². The monoisotopic (exact) mass is 229 g/mol. The Morgan fingerprint density at radius 2 is 2.12 bits per heavy atom. The smallest absolute Gasteiger partial charge is 0.0906 e. The Morgan fingerprint density at radius 3 is 2.69 bits per heavy atom. The summed E-state index contributed by atoms with van der Waals surface area (Å²) in [4.78, 5) is 2.54. The molecular formula is C14H28FN. The third-order valence-corrected chi connectivity index (χ3v) is 3.63. The fourth-order valence-electron chi connectivity index (χ4n) is 3.03. The average molecular weight is 229 g/mol. The van der Waals surface area contributed by atoms with Crippen molar-refractivity contribution in [2.75, 3.05) is 19.8 Å². The molecule has 0 radical (unpaired) electrons. The summed E-state index contributed by atoms with van der Waals surface area (Å²) in [5, 5.41) is 0. The zero-order valence-electron chi connectivity index (χ0n) is 11.2. The summed E-state index contributed by atoms with van der Waals surface area (Å²) < 4.78 is 12.3. The first-order valence-electron chi connectivity index (χ1n) is 6.97. The maximum Gasteiger partial charge on any atom is 0.0906 e. The molecule has 96 valence electrons. The number of nitrogens with zero attached hydrogens (tertiary/aromatic N) is 1. The summed E-state index contributed by atoms with van der Waals surface area (Å²) >= 11 is 0. The fourth-order valence-corrected chi connectivity index (χ4v) is 3.03. The third-order valence-electron chi connectivity index (χ3n) is 3.63. The lowest BCUT2D eigenvalue weighted by molar-refractivity contribution is 0.214. The average Bonchev–Trinajstić information content (AvgIpc) is 2.57. The van der Waals surface area contributed by atoms with Crippen LogP contribution in [0.1, 0.15) is 52.9 Å². The topological polar surface area (TPSA) is 3.24 Å². The van der Waals surface area contributed by atoms with Crippen molar-refractivity contribution in [3.05, 3.63) is 0 Å². The molecule has 16 heavy (non-hydrogen) atoms. The first-order chi connectivity index (χ1) is 7.67. The number of alkyl halides is 1. The molecule has 1 aliphatic heterocycles. The van der Waals surface area contributed by atoms with Crippen LogP contribution < -0.4 is 0 Å². The predicted octanol–water partition coefficient (Wildman–Crippen LogP) is 3.88. The van der Waals surface area contributed by atoms with Crippen LogP contribution in [0.5, 0.6) is 0 Å². The second kappa shape index (κ2) is 7.26. The summed E-state index contributed by atoms with van der Waals surface area (Å²) in [7, 11) is 0. The van der Waals surface area contributed by atoms with Crippen molar-refractivity contribution in [3.8, 4) is 0 Å². The Bertz CT molecular complexity index is 182. The number of likely N-dealkylation sites (tertiary alicyclic amines) is 1. The predicted molar refractivity (Wildman–Crippen MR) is 68.4 cm³/mol. The summed E-state index contributed by atoms with van der Waals surface area (Å²) in [6.07, 6.45) is 5.98. The zero-order chi connectivity index (χ0) is 12.0. The van der Waals surface area contributed by atoms with Crippen LogP contribution in [-0.4, -0.2) is 30.7 Å². The molecule has 0 aromatic carbocycles. The molecule has 1 saturated heterocycles. The van der Waals surface area contributed by atoms with Crippen LogP contribution in [0.15, 0.2) is 0 Å². The van der Waals surface area contributed by atoms with E-state index in [9.17, 15) is 4.39 Å². The van der Waals surface area contributed by atoms with Gasteiger partial charge in [0, 0.05) is 19.1 Å². The lowest BCUT2D eigenvalue weighted by atomic mass is 9.96. The van der Waals surface area contributed by atoms with Gasteiger partial charge in [0.2, 0.25) is 0 Å². The number of hydrogen-bond acceptors (Lipinski definition) is 1. The Labute approximate surface area is 100 Å². The summed E-state index contributed by atoms with van der Waals surface area (Å²) in [5.74, 6) is 1.63. The lowest BCUT2D eigenvalue weighted by Gasteiger charge is -2.25. The summed E-state index contributed by atoms with van der Waals surface area (Å²) in [5.41, 5.74) is 0. The van der Waals surface area contributed by atoms with Gasteiger partial charge in [-0.05, 0) is 37.5 Å². The van der Waals surface area contributed by atoms with E-state index in [2.05, 4.69) is 25.7 Å². The molecule has 0 aromatic rings. The minimum absolute atomic E-state index is 0.163. The molecule has 0 spiro atoms. The van der Waals surface area contributed by atoms with E-state index in [1.165, 1.54) is 32.2 Å². The van der Waals surface area contributed by atoms with Gasteiger partial charge in [0.1, 0.15) is 0 Å². The van der Waals surface area contributed by atoms with Gasteiger partial charge in [0.05, 0.1) is 6.67 Å². The van der Waals surface area contributed by atoms with Crippen molar-refractivity contribution in [1.82, 2.24) is 4.90 Å².